The maximum atomic E-state index is 13.6. The number of anilines is 1. The Labute approximate surface area is 156 Å². The molecule has 1 atom stereocenters. The zero-order valence-corrected chi connectivity index (χ0v) is 15.6. The van der Waals surface area contributed by atoms with Gasteiger partial charge in [-0.3, -0.25) is 9.89 Å². The van der Waals surface area contributed by atoms with Crippen molar-refractivity contribution in [1.82, 2.24) is 15.2 Å². The highest BCUT2D eigenvalue weighted by Crippen LogP contribution is 2.28. The molecule has 0 aliphatic carbocycles. The van der Waals surface area contributed by atoms with Gasteiger partial charge in [0.25, 0.3) is 0 Å². The van der Waals surface area contributed by atoms with E-state index < -0.39 is 11.1 Å². The Balaban J connectivity index is 1.67. The number of hydrogen-bond acceptors (Lipinski definition) is 4. The second kappa shape index (κ2) is 7.79. The van der Waals surface area contributed by atoms with Gasteiger partial charge >= 0.3 is 0 Å². The summed E-state index contributed by atoms with van der Waals surface area (Å²) in [4.78, 5) is 16.6. The molecule has 1 amide bonds. The summed E-state index contributed by atoms with van der Waals surface area (Å²) in [6.07, 6.45) is 0. The van der Waals surface area contributed by atoms with Gasteiger partial charge in [-0.25, -0.2) is 9.37 Å². The molecule has 25 heavy (non-hydrogen) atoms. The van der Waals surface area contributed by atoms with Gasteiger partial charge < -0.3 is 5.32 Å². The number of carbonyl (C=O) groups is 1. The molecule has 128 valence electrons. The molecule has 1 heterocycles. The van der Waals surface area contributed by atoms with Crippen LogP contribution in [0.1, 0.15) is 6.92 Å². The van der Waals surface area contributed by atoms with Crippen molar-refractivity contribution in [3.05, 3.63) is 58.8 Å². The molecule has 5 nitrogen and oxygen atoms in total. The van der Waals surface area contributed by atoms with E-state index in [0.29, 0.717) is 11.0 Å². The highest BCUT2D eigenvalue weighted by molar-refractivity contribution is 9.10. The van der Waals surface area contributed by atoms with E-state index in [2.05, 4.69) is 36.4 Å². The molecule has 1 unspecified atom stereocenters. The summed E-state index contributed by atoms with van der Waals surface area (Å²) in [5.74, 6) is -0.179. The van der Waals surface area contributed by atoms with Crippen LogP contribution in [0.5, 0.6) is 0 Å². The summed E-state index contributed by atoms with van der Waals surface area (Å²) in [6, 6.07) is 13.7. The van der Waals surface area contributed by atoms with Gasteiger partial charge in [-0.1, -0.05) is 58.0 Å². The van der Waals surface area contributed by atoms with E-state index in [1.165, 1.54) is 23.9 Å². The Morgan fingerprint density at radius 3 is 2.72 bits per heavy atom. The van der Waals surface area contributed by atoms with Crippen LogP contribution in [0.25, 0.3) is 11.4 Å². The molecule has 3 aromatic rings. The van der Waals surface area contributed by atoms with Crippen LogP contribution in [-0.4, -0.2) is 26.3 Å². The van der Waals surface area contributed by atoms with Gasteiger partial charge in [0, 0.05) is 10.0 Å². The second-order valence-electron chi connectivity index (χ2n) is 5.18. The van der Waals surface area contributed by atoms with Crippen molar-refractivity contribution < 1.29 is 9.18 Å². The van der Waals surface area contributed by atoms with Crippen molar-refractivity contribution in [2.24, 2.45) is 0 Å². The number of hydrogen-bond donors (Lipinski definition) is 2. The summed E-state index contributed by atoms with van der Waals surface area (Å²) < 4.78 is 14.5. The van der Waals surface area contributed by atoms with Crippen molar-refractivity contribution in [2.45, 2.75) is 17.3 Å². The van der Waals surface area contributed by atoms with E-state index >= 15 is 0 Å². The number of aromatic amines is 1. The molecule has 2 aromatic carbocycles. The molecule has 8 heteroatoms. The summed E-state index contributed by atoms with van der Waals surface area (Å²) in [6.45, 7) is 1.72. The number of nitrogens with one attached hydrogen (secondary N) is 2. The standard InChI is InChI=1S/C17H14BrFN4OS/c1-10(16(24)20-14-9-5-4-8-13(14)19)25-17-21-15(22-23-17)11-6-2-3-7-12(11)18/h2-10H,1H3,(H,20,24)(H,21,22,23). The third-order valence-corrected chi connectivity index (χ3v) is 5.03. The number of rotatable bonds is 5. The minimum absolute atomic E-state index is 0.156. The van der Waals surface area contributed by atoms with E-state index in [0.717, 1.165) is 10.0 Å². The van der Waals surface area contributed by atoms with Gasteiger partial charge in [0.2, 0.25) is 11.1 Å². The van der Waals surface area contributed by atoms with Crippen LogP contribution in [0, 0.1) is 5.82 Å². The van der Waals surface area contributed by atoms with Crippen molar-refractivity contribution in [1.29, 1.82) is 0 Å². The van der Waals surface area contributed by atoms with Crippen molar-refractivity contribution in [2.75, 3.05) is 5.32 Å². The summed E-state index contributed by atoms with van der Waals surface area (Å²) in [5.41, 5.74) is 1.04. The zero-order valence-electron chi connectivity index (χ0n) is 13.2. The molecule has 3 rings (SSSR count). The van der Waals surface area contributed by atoms with Gasteiger partial charge in [0.05, 0.1) is 10.9 Å². The van der Waals surface area contributed by atoms with E-state index in [9.17, 15) is 9.18 Å². The second-order valence-corrected chi connectivity index (χ2v) is 7.34. The lowest BCUT2D eigenvalue weighted by Gasteiger charge is -2.10. The molecule has 0 bridgehead atoms. The summed E-state index contributed by atoms with van der Waals surface area (Å²) >= 11 is 4.66. The Morgan fingerprint density at radius 2 is 1.96 bits per heavy atom. The first-order chi connectivity index (χ1) is 12.0. The fourth-order valence-corrected chi connectivity index (χ4v) is 3.28. The van der Waals surface area contributed by atoms with Gasteiger partial charge in [-0.2, -0.15) is 0 Å². The maximum absolute atomic E-state index is 13.6. The number of halogens is 2. The van der Waals surface area contributed by atoms with Crippen LogP contribution < -0.4 is 5.32 Å². The summed E-state index contributed by atoms with van der Waals surface area (Å²) in [7, 11) is 0. The Hall–Kier alpha value is -2.19. The molecule has 2 N–H and O–H groups in total. The van der Waals surface area contributed by atoms with Gasteiger partial charge in [0.15, 0.2) is 5.82 Å². The molecule has 0 spiro atoms. The van der Waals surface area contributed by atoms with Crippen LogP contribution in [0.3, 0.4) is 0 Å². The number of H-pyrrole nitrogens is 1. The molecule has 0 aliphatic rings. The molecular weight excluding hydrogens is 407 g/mol. The molecule has 0 radical (unpaired) electrons. The Bertz CT molecular complexity index is 902. The Kier molecular flexibility index (Phi) is 5.50. The lowest BCUT2D eigenvalue weighted by atomic mass is 10.2. The fraction of sp³-hybridized carbons (Fsp3) is 0.118. The predicted octanol–water partition coefficient (Wildman–Crippen LogP) is 4.49. The van der Waals surface area contributed by atoms with Crippen molar-refractivity contribution >= 4 is 39.3 Å². The number of thioether (sulfide) groups is 1. The van der Waals surface area contributed by atoms with E-state index in [1.54, 1.807) is 19.1 Å². The average molecular weight is 421 g/mol. The molecule has 0 aliphatic heterocycles. The van der Waals surface area contributed by atoms with Crippen LogP contribution >= 0.6 is 27.7 Å². The molecular formula is C17H14BrFN4OS. The minimum atomic E-state index is -0.484. The minimum Gasteiger partial charge on any atom is -0.323 e. The van der Waals surface area contributed by atoms with Crippen molar-refractivity contribution in [3.8, 4) is 11.4 Å². The smallest absolute Gasteiger partial charge is 0.237 e. The van der Waals surface area contributed by atoms with Crippen LogP contribution in [-0.2, 0) is 4.79 Å². The number of amides is 1. The highest BCUT2D eigenvalue weighted by Gasteiger charge is 2.19. The van der Waals surface area contributed by atoms with Gasteiger partial charge in [-0.15, -0.1) is 5.10 Å². The van der Waals surface area contributed by atoms with Crippen LogP contribution in [0.4, 0.5) is 10.1 Å². The van der Waals surface area contributed by atoms with Gasteiger partial charge in [-0.05, 0) is 25.1 Å². The molecule has 0 saturated heterocycles. The third-order valence-electron chi connectivity index (χ3n) is 3.38. The Morgan fingerprint density at radius 1 is 1.24 bits per heavy atom. The number of nitrogens with zero attached hydrogens (tertiary/aromatic N) is 2. The monoisotopic (exact) mass is 420 g/mol. The number of aromatic nitrogens is 3. The highest BCUT2D eigenvalue weighted by atomic mass is 79.9. The van der Waals surface area contributed by atoms with E-state index in [4.69, 9.17) is 0 Å². The molecule has 1 aromatic heterocycles. The van der Waals surface area contributed by atoms with E-state index in [-0.39, 0.29) is 11.6 Å². The normalized spacial score (nSPS) is 12.0. The molecule has 0 fully saturated rings. The van der Waals surface area contributed by atoms with E-state index in [1.807, 2.05) is 24.3 Å². The number of para-hydroxylation sites is 1. The first-order valence-corrected chi connectivity index (χ1v) is 9.11. The number of benzene rings is 2. The van der Waals surface area contributed by atoms with Gasteiger partial charge in [0.1, 0.15) is 5.82 Å². The van der Waals surface area contributed by atoms with Crippen molar-refractivity contribution in [3.63, 3.8) is 0 Å². The zero-order chi connectivity index (χ0) is 17.8. The molecule has 0 saturated carbocycles. The fourth-order valence-electron chi connectivity index (χ4n) is 2.08. The first-order valence-electron chi connectivity index (χ1n) is 7.44. The first kappa shape index (κ1) is 17.6. The quantitative estimate of drug-likeness (QED) is 0.596. The average Bonchev–Trinajstić information content (AvgIpc) is 3.05. The SMILES string of the molecule is CC(Sc1n[nH]c(-c2ccccc2Br)n1)C(=O)Nc1ccccc1F. The van der Waals surface area contributed by atoms with Crippen LogP contribution in [0.15, 0.2) is 58.2 Å². The summed E-state index contributed by atoms with van der Waals surface area (Å²) in [5, 5.41) is 9.53. The number of carbonyl (C=O) groups excluding carboxylic acids is 1. The lowest BCUT2D eigenvalue weighted by molar-refractivity contribution is -0.115. The largest absolute Gasteiger partial charge is 0.323 e. The topological polar surface area (TPSA) is 70.7 Å². The third kappa shape index (κ3) is 4.26. The maximum Gasteiger partial charge on any atom is 0.237 e. The van der Waals surface area contributed by atoms with Crippen LogP contribution in [0.2, 0.25) is 0 Å². The lowest BCUT2D eigenvalue weighted by Crippen LogP contribution is -2.23. The predicted molar refractivity (Wildman–Crippen MR) is 99.9 cm³/mol.